The Morgan fingerprint density at radius 1 is 1.33 bits per heavy atom. The topological polar surface area (TPSA) is 67.2 Å². The van der Waals surface area contributed by atoms with Gasteiger partial charge in [0.05, 0.1) is 6.20 Å². The predicted molar refractivity (Wildman–Crippen MR) is 91.1 cm³/mol. The molecule has 4 rings (SSSR count). The minimum Gasteiger partial charge on any atom is -0.438 e. The van der Waals surface area contributed by atoms with Crippen molar-refractivity contribution < 1.29 is 9.21 Å². The Morgan fingerprint density at radius 2 is 2.08 bits per heavy atom. The molecule has 24 heavy (non-hydrogen) atoms. The van der Waals surface area contributed by atoms with Gasteiger partial charge in [0.2, 0.25) is 11.8 Å². The van der Waals surface area contributed by atoms with Crippen molar-refractivity contribution in [1.29, 1.82) is 0 Å². The number of carbonyl (C=O) groups excluding carboxylic acids is 1. The number of hydrogen-bond donors (Lipinski definition) is 2. The number of nitrogens with zero attached hydrogens (tertiary/aromatic N) is 1. The Kier molecular flexibility index (Phi) is 3.88. The van der Waals surface area contributed by atoms with Gasteiger partial charge in [0.25, 0.3) is 0 Å². The Bertz CT molecular complexity index is 719. The van der Waals surface area contributed by atoms with E-state index in [1.807, 2.05) is 37.3 Å². The summed E-state index contributed by atoms with van der Waals surface area (Å²) in [6.45, 7) is 3.98. The normalized spacial score (nSPS) is 23.0. The van der Waals surface area contributed by atoms with Crippen LogP contribution in [-0.2, 0) is 4.79 Å². The van der Waals surface area contributed by atoms with Crippen LogP contribution in [0.2, 0.25) is 0 Å². The highest BCUT2D eigenvalue weighted by molar-refractivity contribution is 5.82. The van der Waals surface area contributed by atoms with Crippen molar-refractivity contribution in [1.82, 2.24) is 15.6 Å². The molecule has 2 heterocycles. The van der Waals surface area contributed by atoms with Crippen LogP contribution in [0.4, 0.5) is 0 Å². The van der Waals surface area contributed by atoms with Crippen LogP contribution in [-0.4, -0.2) is 24.0 Å². The van der Waals surface area contributed by atoms with E-state index in [9.17, 15) is 4.79 Å². The summed E-state index contributed by atoms with van der Waals surface area (Å²) in [5.41, 5.74) is 1.24. The van der Waals surface area contributed by atoms with Gasteiger partial charge < -0.3 is 15.1 Å². The quantitative estimate of drug-likeness (QED) is 0.907. The minimum absolute atomic E-state index is 0.142. The minimum atomic E-state index is -0.214. The zero-order valence-corrected chi connectivity index (χ0v) is 13.9. The molecular weight excluding hydrogens is 302 g/mol. The van der Waals surface area contributed by atoms with Crippen LogP contribution in [0.3, 0.4) is 0 Å². The number of hydrogen-bond acceptors (Lipinski definition) is 4. The molecule has 1 amide bonds. The first kappa shape index (κ1) is 15.4. The molecule has 2 aromatic rings. The lowest BCUT2D eigenvalue weighted by molar-refractivity contribution is -0.124. The molecule has 2 unspecified atom stereocenters. The number of carbonyl (C=O) groups is 1. The maximum atomic E-state index is 12.5. The van der Waals surface area contributed by atoms with Crippen molar-refractivity contribution in [2.24, 2.45) is 11.3 Å². The van der Waals surface area contributed by atoms with Gasteiger partial charge in [-0.3, -0.25) is 4.79 Å². The fourth-order valence-electron chi connectivity index (χ4n) is 3.80. The Labute approximate surface area is 141 Å². The molecule has 2 fully saturated rings. The second-order valence-electron chi connectivity index (χ2n) is 7.03. The van der Waals surface area contributed by atoms with E-state index in [0.717, 1.165) is 43.7 Å². The van der Waals surface area contributed by atoms with Crippen molar-refractivity contribution >= 4 is 5.91 Å². The monoisotopic (exact) mass is 325 g/mol. The van der Waals surface area contributed by atoms with Crippen molar-refractivity contribution in [3.05, 3.63) is 42.4 Å². The number of rotatable bonds is 4. The first-order chi connectivity index (χ1) is 11.7. The first-order valence-corrected chi connectivity index (χ1v) is 8.70. The standard InChI is InChI=1S/C19H23N3O2/c1-13(18-21-12-16(24-18)14-5-3-2-4-6-14)22-17(23)15-11-19(15)7-9-20-10-8-19/h2-6,12-13,15,20H,7-11H2,1H3,(H,22,23). The molecule has 2 atom stereocenters. The van der Waals surface area contributed by atoms with Crippen LogP contribution >= 0.6 is 0 Å². The average molecular weight is 325 g/mol. The Balaban J connectivity index is 1.39. The van der Waals surface area contributed by atoms with E-state index in [-0.39, 0.29) is 23.3 Å². The number of benzene rings is 1. The lowest BCUT2D eigenvalue weighted by Gasteiger charge is -2.23. The van der Waals surface area contributed by atoms with Gasteiger partial charge in [-0.05, 0) is 44.7 Å². The SMILES string of the molecule is CC(NC(=O)C1CC12CCNCC2)c1ncc(-c2ccccc2)o1. The van der Waals surface area contributed by atoms with Crippen LogP contribution in [0.5, 0.6) is 0 Å². The van der Waals surface area contributed by atoms with Gasteiger partial charge in [-0.1, -0.05) is 30.3 Å². The van der Waals surface area contributed by atoms with Crippen LogP contribution in [0.1, 0.15) is 38.1 Å². The summed E-state index contributed by atoms with van der Waals surface area (Å²) in [6, 6.07) is 9.66. The highest BCUT2D eigenvalue weighted by atomic mass is 16.4. The smallest absolute Gasteiger partial charge is 0.224 e. The molecule has 1 aliphatic heterocycles. The van der Waals surface area contributed by atoms with E-state index in [0.29, 0.717) is 5.89 Å². The molecule has 1 aromatic heterocycles. The molecule has 5 nitrogen and oxygen atoms in total. The van der Waals surface area contributed by atoms with Crippen LogP contribution in [0, 0.1) is 11.3 Å². The number of aromatic nitrogens is 1. The Hall–Kier alpha value is -2.14. The maximum absolute atomic E-state index is 12.5. The van der Waals surface area contributed by atoms with Crippen molar-refractivity contribution in [3.8, 4) is 11.3 Å². The lowest BCUT2D eigenvalue weighted by atomic mass is 9.91. The molecule has 2 N–H and O–H groups in total. The summed E-state index contributed by atoms with van der Waals surface area (Å²) >= 11 is 0. The predicted octanol–water partition coefficient (Wildman–Crippen LogP) is 2.91. The van der Waals surface area contributed by atoms with E-state index in [4.69, 9.17) is 4.42 Å². The second-order valence-corrected chi connectivity index (χ2v) is 7.03. The van der Waals surface area contributed by atoms with Gasteiger partial charge in [0.1, 0.15) is 6.04 Å². The molecule has 2 aliphatic rings. The largest absolute Gasteiger partial charge is 0.438 e. The summed E-state index contributed by atoms with van der Waals surface area (Å²) in [4.78, 5) is 16.9. The third-order valence-electron chi connectivity index (χ3n) is 5.42. The van der Waals surface area contributed by atoms with Gasteiger partial charge in [-0.15, -0.1) is 0 Å². The summed E-state index contributed by atoms with van der Waals surface area (Å²) in [7, 11) is 0. The number of oxazole rings is 1. The zero-order valence-electron chi connectivity index (χ0n) is 13.9. The summed E-state index contributed by atoms with van der Waals surface area (Å²) in [5, 5.41) is 6.45. The fourth-order valence-corrected chi connectivity index (χ4v) is 3.80. The van der Waals surface area contributed by atoms with Crippen LogP contribution < -0.4 is 10.6 Å². The third kappa shape index (κ3) is 2.84. The summed E-state index contributed by atoms with van der Waals surface area (Å²) in [5.74, 6) is 1.59. The molecule has 5 heteroatoms. The number of amides is 1. The number of piperidine rings is 1. The fraction of sp³-hybridized carbons (Fsp3) is 0.474. The van der Waals surface area contributed by atoms with Gasteiger partial charge in [-0.25, -0.2) is 4.98 Å². The molecule has 1 saturated carbocycles. The van der Waals surface area contributed by atoms with E-state index in [2.05, 4.69) is 15.6 Å². The van der Waals surface area contributed by atoms with Crippen molar-refractivity contribution in [2.75, 3.05) is 13.1 Å². The first-order valence-electron chi connectivity index (χ1n) is 8.70. The van der Waals surface area contributed by atoms with E-state index < -0.39 is 0 Å². The van der Waals surface area contributed by atoms with E-state index in [1.54, 1.807) is 6.20 Å². The molecule has 1 spiro atoms. The molecule has 0 radical (unpaired) electrons. The molecule has 1 saturated heterocycles. The highest BCUT2D eigenvalue weighted by Crippen LogP contribution is 2.58. The highest BCUT2D eigenvalue weighted by Gasteiger charge is 2.57. The van der Waals surface area contributed by atoms with Gasteiger partial charge >= 0.3 is 0 Å². The van der Waals surface area contributed by atoms with Crippen molar-refractivity contribution in [2.45, 2.75) is 32.2 Å². The number of nitrogens with one attached hydrogen (secondary N) is 2. The third-order valence-corrected chi connectivity index (χ3v) is 5.42. The summed E-state index contributed by atoms with van der Waals surface area (Å²) < 4.78 is 5.83. The van der Waals surface area contributed by atoms with Crippen LogP contribution in [0.25, 0.3) is 11.3 Å². The second kappa shape index (κ2) is 6.06. The van der Waals surface area contributed by atoms with E-state index >= 15 is 0 Å². The van der Waals surface area contributed by atoms with Gasteiger partial charge in [0.15, 0.2) is 5.76 Å². The maximum Gasteiger partial charge on any atom is 0.224 e. The van der Waals surface area contributed by atoms with Gasteiger partial charge in [-0.2, -0.15) is 0 Å². The molecule has 1 aromatic carbocycles. The summed E-state index contributed by atoms with van der Waals surface area (Å²) in [6.07, 6.45) is 4.96. The lowest BCUT2D eigenvalue weighted by Crippen LogP contribution is -2.34. The average Bonchev–Trinajstić information content (AvgIpc) is 3.08. The zero-order chi connectivity index (χ0) is 16.6. The van der Waals surface area contributed by atoms with Crippen molar-refractivity contribution in [3.63, 3.8) is 0 Å². The Morgan fingerprint density at radius 3 is 2.83 bits per heavy atom. The van der Waals surface area contributed by atoms with Crippen LogP contribution in [0.15, 0.2) is 40.9 Å². The molecular formula is C19H23N3O2. The molecule has 126 valence electrons. The molecule has 0 bridgehead atoms. The molecule has 1 aliphatic carbocycles. The van der Waals surface area contributed by atoms with Gasteiger partial charge in [0, 0.05) is 11.5 Å². The van der Waals surface area contributed by atoms with E-state index in [1.165, 1.54) is 0 Å².